The van der Waals surface area contributed by atoms with Crippen LogP contribution < -0.4 is 11.1 Å². The van der Waals surface area contributed by atoms with Crippen LogP contribution in [0.15, 0.2) is 0 Å². The Hall–Kier alpha value is -0.200. The van der Waals surface area contributed by atoms with Gasteiger partial charge in [0.05, 0.1) is 18.8 Å². The molecule has 0 aromatic heterocycles. The lowest BCUT2D eigenvalue weighted by Crippen LogP contribution is -2.42. The fraction of sp³-hybridized carbons (Fsp3) is 1.00. The van der Waals surface area contributed by atoms with Crippen molar-refractivity contribution in [3.63, 3.8) is 0 Å². The number of hydrogen-bond donors (Lipinski definition) is 5. The molecule has 0 saturated heterocycles. The summed E-state index contributed by atoms with van der Waals surface area (Å²) in [4.78, 5) is 0. The summed E-state index contributed by atoms with van der Waals surface area (Å²) in [5.74, 6) is 0. The molecule has 0 radical (unpaired) electrons. The van der Waals surface area contributed by atoms with Crippen LogP contribution in [-0.4, -0.2) is 53.3 Å². The molecule has 0 aromatic carbocycles. The predicted molar refractivity (Wildman–Crippen MR) is 54.8 cm³/mol. The SMILES string of the molecule is CNC(C)CC(N)C(O)CC(O)CO. The third-order valence-corrected chi connectivity index (χ3v) is 2.34. The molecular weight excluding hydrogens is 184 g/mol. The van der Waals surface area contributed by atoms with Gasteiger partial charge in [0.25, 0.3) is 0 Å². The monoisotopic (exact) mass is 206 g/mol. The summed E-state index contributed by atoms with van der Waals surface area (Å²) in [5.41, 5.74) is 5.71. The van der Waals surface area contributed by atoms with Gasteiger partial charge < -0.3 is 26.4 Å². The summed E-state index contributed by atoms with van der Waals surface area (Å²) in [5, 5.41) is 30.2. The normalized spacial score (nSPS) is 20.1. The van der Waals surface area contributed by atoms with Gasteiger partial charge in [0.1, 0.15) is 0 Å². The Bertz CT molecular complexity index is 130. The molecule has 4 atom stereocenters. The van der Waals surface area contributed by atoms with Crippen molar-refractivity contribution < 1.29 is 15.3 Å². The van der Waals surface area contributed by atoms with Gasteiger partial charge in [-0.1, -0.05) is 0 Å². The summed E-state index contributed by atoms with van der Waals surface area (Å²) in [6.07, 6.45) is -0.905. The van der Waals surface area contributed by atoms with Crippen molar-refractivity contribution in [1.82, 2.24) is 5.32 Å². The van der Waals surface area contributed by atoms with Crippen LogP contribution in [0.5, 0.6) is 0 Å². The molecule has 0 spiro atoms. The first-order valence-electron chi connectivity index (χ1n) is 4.91. The zero-order valence-electron chi connectivity index (χ0n) is 8.85. The van der Waals surface area contributed by atoms with E-state index in [1.54, 1.807) is 0 Å². The van der Waals surface area contributed by atoms with Gasteiger partial charge in [0, 0.05) is 18.5 Å². The van der Waals surface area contributed by atoms with Gasteiger partial charge in [-0.05, 0) is 20.4 Å². The highest BCUT2D eigenvalue weighted by Gasteiger charge is 2.19. The lowest BCUT2D eigenvalue weighted by molar-refractivity contribution is 0.0303. The molecule has 4 unspecified atom stereocenters. The molecule has 86 valence electrons. The second-order valence-corrected chi connectivity index (χ2v) is 3.73. The molecule has 0 fully saturated rings. The maximum absolute atomic E-state index is 9.54. The number of nitrogens with two attached hydrogens (primary N) is 1. The van der Waals surface area contributed by atoms with E-state index in [9.17, 15) is 5.11 Å². The van der Waals surface area contributed by atoms with Gasteiger partial charge in [-0.3, -0.25) is 0 Å². The minimum atomic E-state index is -0.888. The Kier molecular flexibility index (Phi) is 7.04. The summed E-state index contributed by atoms with van der Waals surface area (Å²) >= 11 is 0. The van der Waals surface area contributed by atoms with Gasteiger partial charge >= 0.3 is 0 Å². The predicted octanol–water partition coefficient (Wildman–Crippen LogP) is -1.58. The van der Waals surface area contributed by atoms with Crippen molar-refractivity contribution >= 4 is 0 Å². The van der Waals surface area contributed by atoms with Gasteiger partial charge in [0.2, 0.25) is 0 Å². The highest BCUT2D eigenvalue weighted by Crippen LogP contribution is 2.06. The number of aliphatic hydroxyl groups excluding tert-OH is 3. The second kappa shape index (κ2) is 7.14. The highest BCUT2D eigenvalue weighted by molar-refractivity contribution is 4.78. The lowest BCUT2D eigenvalue weighted by atomic mass is 9.99. The number of aliphatic hydroxyl groups is 3. The van der Waals surface area contributed by atoms with Gasteiger partial charge in [-0.25, -0.2) is 0 Å². The van der Waals surface area contributed by atoms with Crippen molar-refractivity contribution in [2.24, 2.45) is 5.73 Å². The zero-order valence-corrected chi connectivity index (χ0v) is 8.85. The third kappa shape index (κ3) is 5.51. The van der Waals surface area contributed by atoms with E-state index in [1.807, 2.05) is 14.0 Å². The first-order valence-corrected chi connectivity index (χ1v) is 4.91. The molecule has 5 nitrogen and oxygen atoms in total. The van der Waals surface area contributed by atoms with E-state index in [2.05, 4.69) is 5.32 Å². The quantitative estimate of drug-likeness (QED) is 0.346. The first kappa shape index (κ1) is 13.8. The average molecular weight is 206 g/mol. The molecule has 0 saturated carbocycles. The van der Waals surface area contributed by atoms with Crippen LogP contribution in [-0.2, 0) is 0 Å². The third-order valence-electron chi connectivity index (χ3n) is 2.34. The van der Waals surface area contributed by atoms with Crippen molar-refractivity contribution in [1.29, 1.82) is 0 Å². The fourth-order valence-corrected chi connectivity index (χ4v) is 1.21. The van der Waals surface area contributed by atoms with Gasteiger partial charge in [-0.15, -0.1) is 0 Å². The lowest BCUT2D eigenvalue weighted by Gasteiger charge is -2.23. The topological polar surface area (TPSA) is 98.7 Å². The van der Waals surface area contributed by atoms with Crippen LogP contribution in [0.25, 0.3) is 0 Å². The Morgan fingerprint density at radius 3 is 2.29 bits per heavy atom. The van der Waals surface area contributed by atoms with Crippen LogP contribution in [0.2, 0.25) is 0 Å². The Morgan fingerprint density at radius 2 is 1.86 bits per heavy atom. The minimum Gasteiger partial charge on any atom is -0.394 e. The number of rotatable bonds is 7. The maximum Gasteiger partial charge on any atom is 0.0796 e. The molecular formula is C9H22N2O3. The molecule has 0 rings (SSSR count). The van der Waals surface area contributed by atoms with E-state index in [1.165, 1.54) is 0 Å². The summed E-state index contributed by atoms with van der Waals surface area (Å²) in [7, 11) is 1.83. The summed E-state index contributed by atoms with van der Waals surface area (Å²) in [6, 6.07) is -0.149. The molecule has 0 amide bonds. The van der Waals surface area contributed by atoms with E-state index >= 15 is 0 Å². The zero-order chi connectivity index (χ0) is 11.1. The molecule has 0 aliphatic carbocycles. The number of hydrogen-bond acceptors (Lipinski definition) is 5. The maximum atomic E-state index is 9.54. The molecule has 0 bridgehead atoms. The van der Waals surface area contributed by atoms with Crippen LogP contribution in [0.3, 0.4) is 0 Å². The van der Waals surface area contributed by atoms with Crippen LogP contribution in [0.4, 0.5) is 0 Å². The first-order chi connectivity index (χ1) is 6.51. The Labute approximate surface area is 84.9 Å². The molecule has 6 N–H and O–H groups in total. The molecule has 0 aromatic rings. The highest BCUT2D eigenvalue weighted by atomic mass is 16.3. The fourth-order valence-electron chi connectivity index (χ4n) is 1.21. The molecule has 5 heteroatoms. The van der Waals surface area contributed by atoms with E-state index < -0.39 is 12.2 Å². The summed E-state index contributed by atoms with van der Waals surface area (Å²) in [6.45, 7) is 1.63. The number of nitrogens with one attached hydrogen (secondary N) is 1. The summed E-state index contributed by atoms with van der Waals surface area (Å²) < 4.78 is 0. The van der Waals surface area contributed by atoms with Gasteiger partial charge in [-0.2, -0.15) is 0 Å². The smallest absolute Gasteiger partial charge is 0.0796 e. The van der Waals surface area contributed by atoms with Crippen molar-refractivity contribution in [2.75, 3.05) is 13.7 Å². The van der Waals surface area contributed by atoms with Crippen molar-refractivity contribution in [3.8, 4) is 0 Å². The van der Waals surface area contributed by atoms with E-state index in [-0.39, 0.29) is 25.1 Å². The van der Waals surface area contributed by atoms with Crippen LogP contribution in [0.1, 0.15) is 19.8 Å². The second-order valence-electron chi connectivity index (χ2n) is 3.73. The van der Waals surface area contributed by atoms with E-state index in [0.717, 1.165) is 0 Å². The van der Waals surface area contributed by atoms with E-state index in [4.69, 9.17) is 15.9 Å². The Morgan fingerprint density at radius 1 is 1.29 bits per heavy atom. The van der Waals surface area contributed by atoms with E-state index in [0.29, 0.717) is 6.42 Å². The van der Waals surface area contributed by atoms with Crippen molar-refractivity contribution in [2.45, 2.75) is 44.1 Å². The standard InChI is InChI=1S/C9H22N2O3/c1-6(11-2)3-8(10)9(14)4-7(13)5-12/h6-9,11-14H,3-5,10H2,1-2H3. The minimum absolute atomic E-state index is 0.119. The molecule has 0 aliphatic heterocycles. The largest absolute Gasteiger partial charge is 0.394 e. The Balaban J connectivity index is 3.80. The van der Waals surface area contributed by atoms with Gasteiger partial charge in [0.15, 0.2) is 0 Å². The molecule has 14 heavy (non-hydrogen) atoms. The van der Waals surface area contributed by atoms with Crippen LogP contribution >= 0.6 is 0 Å². The molecule has 0 heterocycles. The molecule has 0 aliphatic rings. The van der Waals surface area contributed by atoms with Crippen molar-refractivity contribution in [3.05, 3.63) is 0 Å². The van der Waals surface area contributed by atoms with Crippen LogP contribution in [0, 0.1) is 0 Å². The average Bonchev–Trinajstić information content (AvgIpc) is 2.17.